The van der Waals surface area contributed by atoms with Gasteiger partial charge in [0.2, 0.25) is 5.91 Å². The molecule has 0 bridgehead atoms. The van der Waals surface area contributed by atoms with Crippen molar-refractivity contribution in [2.45, 2.75) is 46.2 Å². The summed E-state index contributed by atoms with van der Waals surface area (Å²) < 4.78 is 22.4. The van der Waals surface area contributed by atoms with Gasteiger partial charge in [0.15, 0.2) is 0 Å². The van der Waals surface area contributed by atoms with Gasteiger partial charge >= 0.3 is 0 Å². The SMILES string of the molecule is CCCCN(Cc1cccn1Cc1ccc(Br)cc1)C(=O)CN(CCCOCC)C(=O)c1cccc(F)c1. The van der Waals surface area contributed by atoms with E-state index in [1.807, 2.05) is 42.3 Å². The van der Waals surface area contributed by atoms with Gasteiger partial charge < -0.3 is 19.1 Å². The monoisotopic (exact) mass is 585 g/mol. The van der Waals surface area contributed by atoms with E-state index in [0.29, 0.717) is 45.8 Å². The summed E-state index contributed by atoms with van der Waals surface area (Å²) in [4.78, 5) is 30.2. The molecule has 204 valence electrons. The molecule has 2 aromatic carbocycles. The molecule has 0 saturated heterocycles. The first kappa shape index (κ1) is 29.6. The lowest BCUT2D eigenvalue weighted by Gasteiger charge is -2.28. The third-order valence-electron chi connectivity index (χ3n) is 6.28. The maximum atomic E-state index is 13.8. The lowest BCUT2D eigenvalue weighted by atomic mass is 10.2. The molecule has 2 amide bonds. The van der Waals surface area contributed by atoms with Gasteiger partial charge in [-0.25, -0.2) is 4.39 Å². The highest BCUT2D eigenvalue weighted by molar-refractivity contribution is 9.10. The summed E-state index contributed by atoms with van der Waals surface area (Å²) in [6.07, 6.45) is 4.42. The Balaban J connectivity index is 1.75. The molecule has 8 heteroatoms. The molecule has 0 aliphatic rings. The highest BCUT2D eigenvalue weighted by Gasteiger charge is 2.23. The van der Waals surface area contributed by atoms with E-state index in [0.717, 1.165) is 23.0 Å². The fraction of sp³-hybridized carbons (Fsp3) is 0.400. The van der Waals surface area contributed by atoms with E-state index in [1.54, 1.807) is 6.07 Å². The second-order valence-corrected chi connectivity index (χ2v) is 10.1. The molecule has 0 fully saturated rings. The van der Waals surface area contributed by atoms with Gasteiger partial charge in [0.1, 0.15) is 12.4 Å². The van der Waals surface area contributed by atoms with Crippen molar-refractivity contribution < 1.29 is 18.7 Å². The second kappa shape index (κ2) is 15.4. The van der Waals surface area contributed by atoms with Gasteiger partial charge in [-0.15, -0.1) is 0 Å². The number of unbranched alkanes of at least 4 members (excludes halogenated alkanes) is 1. The first-order valence-corrected chi connectivity index (χ1v) is 14.0. The van der Waals surface area contributed by atoms with E-state index in [9.17, 15) is 14.0 Å². The van der Waals surface area contributed by atoms with Crippen LogP contribution in [0.3, 0.4) is 0 Å². The number of halogens is 2. The van der Waals surface area contributed by atoms with E-state index >= 15 is 0 Å². The third-order valence-corrected chi connectivity index (χ3v) is 6.81. The van der Waals surface area contributed by atoms with E-state index in [4.69, 9.17) is 4.74 Å². The molecule has 6 nitrogen and oxygen atoms in total. The second-order valence-electron chi connectivity index (χ2n) is 9.21. The van der Waals surface area contributed by atoms with Gasteiger partial charge in [-0.1, -0.05) is 47.5 Å². The molecule has 0 saturated carbocycles. The average Bonchev–Trinajstić information content (AvgIpc) is 3.35. The lowest BCUT2D eigenvalue weighted by molar-refractivity contribution is -0.132. The Morgan fingerprint density at radius 3 is 2.45 bits per heavy atom. The molecule has 38 heavy (non-hydrogen) atoms. The van der Waals surface area contributed by atoms with Gasteiger partial charge in [-0.2, -0.15) is 0 Å². The average molecular weight is 587 g/mol. The Bertz CT molecular complexity index is 1170. The number of carbonyl (C=O) groups is 2. The Morgan fingerprint density at radius 2 is 1.74 bits per heavy atom. The minimum atomic E-state index is -0.479. The van der Waals surface area contributed by atoms with Crippen molar-refractivity contribution in [1.29, 1.82) is 0 Å². The van der Waals surface area contributed by atoms with Gasteiger partial charge in [0.25, 0.3) is 5.91 Å². The van der Waals surface area contributed by atoms with E-state index in [-0.39, 0.29) is 23.9 Å². The van der Waals surface area contributed by atoms with Gasteiger partial charge in [-0.05, 0) is 67.8 Å². The summed E-state index contributed by atoms with van der Waals surface area (Å²) >= 11 is 3.48. The van der Waals surface area contributed by atoms with Crippen LogP contribution < -0.4 is 0 Å². The molecular weight excluding hydrogens is 549 g/mol. The van der Waals surface area contributed by atoms with Crippen molar-refractivity contribution >= 4 is 27.7 Å². The standard InChI is InChI=1S/C30H37BrFN3O3/c1-3-5-16-34(22-28-11-7-17-33(28)21-24-12-14-26(31)15-13-24)29(36)23-35(18-8-19-38-4-2)30(37)25-9-6-10-27(32)20-25/h6-7,9-15,17,20H,3-5,8,16,18-19,21-23H2,1-2H3. The van der Waals surface area contributed by atoms with Gasteiger partial charge in [-0.3, -0.25) is 9.59 Å². The first-order valence-electron chi connectivity index (χ1n) is 13.2. The normalized spacial score (nSPS) is 10.9. The number of carbonyl (C=O) groups excluding carboxylic acids is 2. The molecule has 0 unspecified atom stereocenters. The number of rotatable bonds is 15. The number of aromatic nitrogens is 1. The lowest BCUT2D eigenvalue weighted by Crippen LogP contribution is -2.44. The minimum absolute atomic E-state index is 0.0708. The molecule has 0 aliphatic carbocycles. The highest BCUT2D eigenvalue weighted by Crippen LogP contribution is 2.16. The third kappa shape index (κ3) is 9.10. The zero-order valence-electron chi connectivity index (χ0n) is 22.2. The zero-order valence-corrected chi connectivity index (χ0v) is 23.8. The molecule has 0 N–H and O–H groups in total. The van der Waals surface area contributed by atoms with Crippen LogP contribution in [0.2, 0.25) is 0 Å². The predicted molar refractivity (Wildman–Crippen MR) is 151 cm³/mol. The van der Waals surface area contributed by atoms with Crippen molar-refractivity contribution in [3.63, 3.8) is 0 Å². The number of hydrogen-bond acceptors (Lipinski definition) is 3. The molecule has 1 heterocycles. The number of ether oxygens (including phenoxy) is 1. The van der Waals surface area contributed by atoms with Crippen molar-refractivity contribution in [1.82, 2.24) is 14.4 Å². The summed E-state index contributed by atoms with van der Waals surface area (Å²) in [5, 5.41) is 0. The van der Waals surface area contributed by atoms with Crippen molar-refractivity contribution in [3.05, 3.63) is 94.0 Å². The fourth-order valence-corrected chi connectivity index (χ4v) is 4.46. The van der Waals surface area contributed by atoms with Gasteiger partial charge in [0, 0.05) is 54.8 Å². The van der Waals surface area contributed by atoms with Crippen LogP contribution in [0.15, 0.2) is 71.3 Å². The largest absolute Gasteiger partial charge is 0.382 e. The van der Waals surface area contributed by atoms with Crippen molar-refractivity contribution in [2.75, 3.05) is 32.8 Å². The molecule has 1 aromatic heterocycles. The topological polar surface area (TPSA) is 54.8 Å². The van der Waals surface area contributed by atoms with Gasteiger partial charge in [0.05, 0.1) is 6.54 Å². The van der Waals surface area contributed by atoms with Crippen LogP contribution in [0.25, 0.3) is 0 Å². The van der Waals surface area contributed by atoms with Crippen LogP contribution in [0.1, 0.15) is 54.7 Å². The first-order chi connectivity index (χ1) is 18.4. The molecular formula is C30H37BrFN3O3. The van der Waals surface area contributed by atoms with Crippen molar-refractivity contribution in [3.8, 4) is 0 Å². The molecule has 3 rings (SSSR count). The maximum Gasteiger partial charge on any atom is 0.254 e. The van der Waals surface area contributed by atoms with Crippen LogP contribution in [0.4, 0.5) is 4.39 Å². The summed E-state index contributed by atoms with van der Waals surface area (Å²) in [7, 11) is 0. The van der Waals surface area contributed by atoms with Crippen LogP contribution in [-0.2, 0) is 22.6 Å². The summed E-state index contributed by atoms with van der Waals surface area (Å²) in [6.45, 7) is 7.10. The Morgan fingerprint density at radius 1 is 0.974 bits per heavy atom. The van der Waals surface area contributed by atoms with Crippen LogP contribution in [0.5, 0.6) is 0 Å². The number of amides is 2. The Labute approximate surface area is 233 Å². The van der Waals surface area contributed by atoms with Crippen LogP contribution in [0, 0.1) is 5.82 Å². The molecule has 0 atom stereocenters. The molecule has 0 aliphatic heterocycles. The van der Waals surface area contributed by atoms with E-state index < -0.39 is 5.82 Å². The number of benzene rings is 2. The maximum absolute atomic E-state index is 13.8. The molecule has 0 spiro atoms. The van der Waals surface area contributed by atoms with E-state index in [2.05, 4.69) is 39.6 Å². The van der Waals surface area contributed by atoms with Crippen LogP contribution >= 0.6 is 15.9 Å². The van der Waals surface area contributed by atoms with E-state index in [1.165, 1.54) is 28.7 Å². The highest BCUT2D eigenvalue weighted by atomic mass is 79.9. The molecule has 0 radical (unpaired) electrons. The number of nitrogens with zero attached hydrogens (tertiary/aromatic N) is 3. The fourth-order valence-electron chi connectivity index (χ4n) is 4.19. The van der Waals surface area contributed by atoms with Crippen molar-refractivity contribution in [2.24, 2.45) is 0 Å². The Kier molecular flexibility index (Phi) is 12.0. The molecule has 3 aromatic rings. The number of hydrogen-bond donors (Lipinski definition) is 0. The zero-order chi connectivity index (χ0) is 27.3. The quantitative estimate of drug-likeness (QED) is 0.201. The smallest absolute Gasteiger partial charge is 0.254 e. The Hall–Kier alpha value is -2.97. The minimum Gasteiger partial charge on any atom is -0.382 e. The van der Waals surface area contributed by atoms with Crippen LogP contribution in [-0.4, -0.2) is 59.0 Å². The summed E-state index contributed by atoms with van der Waals surface area (Å²) in [5.74, 6) is -0.966. The summed E-state index contributed by atoms with van der Waals surface area (Å²) in [5.41, 5.74) is 2.42. The predicted octanol–water partition coefficient (Wildman–Crippen LogP) is 6.14. The summed E-state index contributed by atoms with van der Waals surface area (Å²) in [6, 6.07) is 17.8.